The van der Waals surface area contributed by atoms with Crippen molar-refractivity contribution in [3.8, 4) is 11.5 Å². The number of ether oxygens (including phenoxy) is 2. The summed E-state index contributed by atoms with van der Waals surface area (Å²) in [5, 5.41) is 2.34. The molecule has 0 aliphatic carbocycles. The van der Waals surface area contributed by atoms with Crippen LogP contribution in [0.2, 0.25) is 0 Å². The van der Waals surface area contributed by atoms with E-state index in [-0.39, 0.29) is 24.3 Å². The Hall–Kier alpha value is -4.21. The van der Waals surface area contributed by atoms with Gasteiger partial charge < -0.3 is 20.1 Å². The molecular formula is C32H34N4O5. The molecule has 0 radical (unpaired) electrons. The monoisotopic (exact) mass is 554 g/mol. The lowest BCUT2D eigenvalue weighted by Crippen LogP contribution is -2.52. The Morgan fingerprint density at radius 3 is 2.66 bits per heavy atom. The Balaban J connectivity index is 1.05. The first-order chi connectivity index (χ1) is 20.0. The number of hydrogen-bond acceptors (Lipinski definition) is 7. The van der Waals surface area contributed by atoms with Crippen LogP contribution in [0.4, 0.5) is 0 Å². The largest absolute Gasteiger partial charge is 0.489 e. The summed E-state index contributed by atoms with van der Waals surface area (Å²) in [4.78, 5) is 40.7. The van der Waals surface area contributed by atoms with E-state index in [9.17, 15) is 14.4 Å². The highest BCUT2D eigenvalue weighted by Crippen LogP contribution is 2.31. The number of likely N-dealkylation sites (tertiary alicyclic amines) is 1. The first-order valence-electron chi connectivity index (χ1n) is 14.1. The van der Waals surface area contributed by atoms with E-state index in [2.05, 4.69) is 22.3 Å². The predicted octanol–water partition coefficient (Wildman–Crippen LogP) is 3.14. The van der Waals surface area contributed by atoms with Crippen molar-refractivity contribution in [3.63, 3.8) is 0 Å². The average molecular weight is 555 g/mol. The van der Waals surface area contributed by atoms with Crippen molar-refractivity contribution in [3.05, 3.63) is 94.5 Å². The summed E-state index contributed by atoms with van der Waals surface area (Å²) in [5.74, 6) is 0.718. The number of amides is 3. The molecule has 0 saturated carbocycles. The zero-order chi connectivity index (χ0) is 28.3. The Labute approximate surface area is 239 Å². The number of carbonyl (C=O) groups is 3. The van der Waals surface area contributed by atoms with Crippen LogP contribution in [0.1, 0.15) is 51.9 Å². The number of carbonyl (C=O) groups excluding carboxylic acids is 3. The Bertz CT molecular complexity index is 1470. The van der Waals surface area contributed by atoms with E-state index in [1.807, 2.05) is 48.5 Å². The van der Waals surface area contributed by atoms with Crippen LogP contribution >= 0.6 is 0 Å². The minimum Gasteiger partial charge on any atom is -0.489 e. The van der Waals surface area contributed by atoms with Gasteiger partial charge in [-0.2, -0.15) is 0 Å². The van der Waals surface area contributed by atoms with Crippen molar-refractivity contribution in [2.45, 2.75) is 57.6 Å². The lowest BCUT2D eigenvalue weighted by atomic mass is 10.0. The third-order valence-electron chi connectivity index (χ3n) is 8.01. The van der Waals surface area contributed by atoms with E-state index in [4.69, 9.17) is 15.2 Å². The van der Waals surface area contributed by atoms with Crippen LogP contribution in [0.5, 0.6) is 11.5 Å². The summed E-state index contributed by atoms with van der Waals surface area (Å²) < 4.78 is 12.5. The molecule has 3 aromatic rings. The van der Waals surface area contributed by atoms with E-state index in [0.717, 1.165) is 59.8 Å². The van der Waals surface area contributed by atoms with Crippen molar-refractivity contribution >= 4 is 17.7 Å². The fraction of sp³-hybridized carbons (Fsp3) is 0.344. The SMILES string of the molecule is NCc1cccc(COc2ccccc2CN2CC[C@H](Oc3ccc4c(c3)CN(C3CCC(=O)NC3=O)C4=O)C2)c1. The van der Waals surface area contributed by atoms with Gasteiger partial charge in [-0.1, -0.05) is 42.5 Å². The number of nitrogens with one attached hydrogen (secondary N) is 1. The fourth-order valence-electron chi connectivity index (χ4n) is 5.88. The number of para-hydroxylation sites is 1. The predicted molar refractivity (Wildman–Crippen MR) is 152 cm³/mol. The van der Waals surface area contributed by atoms with Crippen LogP contribution in [0.3, 0.4) is 0 Å². The molecule has 2 saturated heterocycles. The summed E-state index contributed by atoms with van der Waals surface area (Å²) in [6, 6.07) is 21.2. The smallest absolute Gasteiger partial charge is 0.255 e. The molecule has 9 heteroatoms. The first kappa shape index (κ1) is 27.0. The second-order valence-corrected chi connectivity index (χ2v) is 10.9. The zero-order valence-electron chi connectivity index (χ0n) is 22.9. The second kappa shape index (κ2) is 11.7. The highest BCUT2D eigenvalue weighted by Gasteiger charge is 2.39. The third kappa shape index (κ3) is 5.96. The maximum absolute atomic E-state index is 13.0. The van der Waals surface area contributed by atoms with Crippen molar-refractivity contribution < 1.29 is 23.9 Å². The van der Waals surface area contributed by atoms with Crippen molar-refractivity contribution in [2.75, 3.05) is 13.1 Å². The maximum atomic E-state index is 13.0. The number of nitrogens with two attached hydrogens (primary N) is 1. The minimum absolute atomic E-state index is 0.0310. The van der Waals surface area contributed by atoms with E-state index < -0.39 is 11.9 Å². The molecule has 3 aliphatic heterocycles. The van der Waals surface area contributed by atoms with Gasteiger partial charge in [0.25, 0.3) is 5.91 Å². The minimum atomic E-state index is -0.622. The van der Waals surface area contributed by atoms with E-state index in [1.54, 1.807) is 11.0 Å². The molecule has 9 nitrogen and oxygen atoms in total. The Kier molecular flexibility index (Phi) is 7.71. The molecular weight excluding hydrogens is 520 g/mol. The van der Waals surface area contributed by atoms with Gasteiger partial charge in [0.1, 0.15) is 30.3 Å². The summed E-state index contributed by atoms with van der Waals surface area (Å²) >= 11 is 0. The average Bonchev–Trinajstić information content (AvgIpc) is 3.55. The summed E-state index contributed by atoms with van der Waals surface area (Å²) in [6.07, 6.45) is 1.51. The van der Waals surface area contributed by atoms with Crippen LogP contribution < -0.4 is 20.5 Å². The Morgan fingerprint density at radius 2 is 1.80 bits per heavy atom. The lowest BCUT2D eigenvalue weighted by molar-refractivity contribution is -0.136. The van der Waals surface area contributed by atoms with Gasteiger partial charge in [-0.15, -0.1) is 0 Å². The fourth-order valence-corrected chi connectivity index (χ4v) is 5.88. The van der Waals surface area contributed by atoms with Crippen LogP contribution in [-0.2, 0) is 35.8 Å². The number of hydrogen-bond donors (Lipinski definition) is 2. The molecule has 3 amide bonds. The van der Waals surface area contributed by atoms with E-state index in [0.29, 0.717) is 31.7 Å². The van der Waals surface area contributed by atoms with E-state index >= 15 is 0 Å². The highest BCUT2D eigenvalue weighted by molar-refractivity contribution is 6.05. The summed E-state index contributed by atoms with van der Waals surface area (Å²) in [5.41, 5.74) is 10.5. The van der Waals surface area contributed by atoms with Gasteiger partial charge >= 0.3 is 0 Å². The van der Waals surface area contributed by atoms with Crippen LogP contribution in [-0.4, -0.2) is 52.8 Å². The van der Waals surface area contributed by atoms with Gasteiger partial charge in [0, 0.05) is 50.3 Å². The number of imide groups is 1. The number of rotatable bonds is 9. The number of benzene rings is 3. The summed E-state index contributed by atoms with van der Waals surface area (Å²) in [6.45, 7) is 3.78. The molecule has 1 unspecified atom stereocenters. The van der Waals surface area contributed by atoms with Crippen LogP contribution in [0.15, 0.2) is 66.7 Å². The van der Waals surface area contributed by atoms with E-state index in [1.165, 1.54) is 0 Å². The molecule has 2 atom stereocenters. The van der Waals surface area contributed by atoms with Gasteiger partial charge in [0.2, 0.25) is 11.8 Å². The topological polar surface area (TPSA) is 114 Å². The van der Waals surface area contributed by atoms with Gasteiger partial charge in [-0.3, -0.25) is 24.6 Å². The molecule has 6 rings (SSSR count). The first-order valence-corrected chi connectivity index (χ1v) is 14.1. The van der Waals surface area contributed by atoms with Gasteiger partial charge in [-0.05, 0) is 53.8 Å². The quantitative estimate of drug-likeness (QED) is 0.391. The van der Waals surface area contributed by atoms with Gasteiger partial charge in [0.05, 0.1) is 0 Å². The second-order valence-electron chi connectivity index (χ2n) is 10.9. The van der Waals surface area contributed by atoms with Crippen molar-refractivity contribution in [2.24, 2.45) is 5.73 Å². The standard InChI is InChI=1S/C32H34N4O5/c33-16-21-4-3-5-22(14-21)20-40-29-7-2-1-6-23(29)17-35-13-12-26(19-35)41-25-8-9-27-24(15-25)18-36(32(27)39)28-10-11-30(37)34-31(28)38/h1-9,14-15,26,28H,10-13,16-20,33H2,(H,34,37,38)/t26-,28?/m0/s1. The molecule has 3 aliphatic rings. The van der Waals surface area contributed by atoms with Crippen LogP contribution in [0.25, 0.3) is 0 Å². The van der Waals surface area contributed by atoms with Gasteiger partial charge in [0.15, 0.2) is 0 Å². The highest BCUT2D eigenvalue weighted by atomic mass is 16.5. The van der Waals surface area contributed by atoms with Crippen LogP contribution in [0, 0.1) is 0 Å². The Morgan fingerprint density at radius 1 is 0.951 bits per heavy atom. The number of nitrogens with zero attached hydrogens (tertiary/aromatic N) is 2. The molecule has 41 heavy (non-hydrogen) atoms. The molecule has 3 heterocycles. The molecule has 2 fully saturated rings. The lowest BCUT2D eigenvalue weighted by Gasteiger charge is -2.29. The molecule has 0 aromatic heterocycles. The normalized spacial score (nSPS) is 20.7. The third-order valence-corrected chi connectivity index (χ3v) is 8.01. The maximum Gasteiger partial charge on any atom is 0.255 e. The molecule has 0 spiro atoms. The zero-order valence-corrected chi connectivity index (χ0v) is 22.9. The molecule has 3 N–H and O–H groups in total. The summed E-state index contributed by atoms with van der Waals surface area (Å²) in [7, 11) is 0. The van der Waals surface area contributed by atoms with Gasteiger partial charge in [-0.25, -0.2) is 0 Å². The van der Waals surface area contributed by atoms with Crippen molar-refractivity contribution in [1.82, 2.24) is 15.1 Å². The van der Waals surface area contributed by atoms with Crippen molar-refractivity contribution in [1.29, 1.82) is 0 Å². The molecule has 0 bridgehead atoms. The molecule has 212 valence electrons. The number of piperidine rings is 1. The molecule has 3 aromatic carbocycles. The number of fused-ring (bicyclic) bond motifs is 1.